The minimum atomic E-state index is -0.245. The zero-order valence-corrected chi connectivity index (χ0v) is 13.2. The van der Waals surface area contributed by atoms with E-state index in [1.807, 2.05) is 36.6 Å². The molecule has 1 heterocycles. The van der Waals surface area contributed by atoms with E-state index in [0.29, 0.717) is 4.88 Å². The number of carbonyl (C=O) groups is 2. The molecule has 0 bridgehead atoms. The summed E-state index contributed by atoms with van der Waals surface area (Å²) < 4.78 is 0. The average Bonchev–Trinajstić information content (AvgIpc) is 3.05. The summed E-state index contributed by atoms with van der Waals surface area (Å²) in [5.41, 5.74) is 1.83. The van der Waals surface area contributed by atoms with Gasteiger partial charge in [0, 0.05) is 12.2 Å². The van der Waals surface area contributed by atoms with Crippen LogP contribution in [0.2, 0.25) is 0 Å². The summed E-state index contributed by atoms with van der Waals surface area (Å²) >= 11 is 1.35. The van der Waals surface area contributed by atoms with Crippen molar-refractivity contribution in [3.8, 4) is 0 Å². The van der Waals surface area contributed by atoms with Crippen molar-refractivity contribution in [2.24, 2.45) is 0 Å². The Bertz CT molecular complexity index is 626. The third kappa shape index (κ3) is 4.98. The third-order valence-corrected chi connectivity index (χ3v) is 3.81. The van der Waals surface area contributed by atoms with E-state index in [2.05, 4.69) is 16.0 Å². The molecule has 0 unspecified atom stereocenters. The highest BCUT2D eigenvalue weighted by Crippen LogP contribution is 2.10. The van der Waals surface area contributed by atoms with E-state index in [-0.39, 0.29) is 18.4 Å². The molecule has 2 rings (SSSR count). The van der Waals surface area contributed by atoms with Crippen LogP contribution in [0.4, 0.5) is 5.69 Å². The lowest BCUT2D eigenvalue weighted by molar-refractivity contribution is -0.115. The normalized spacial score (nSPS) is 10.2. The number of thiophene rings is 1. The lowest BCUT2D eigenvalue weighted by Crippen LogP contribution is -2.32. The lowest BCUT2D eigenvalue weighted by atomic mass is 10.2. The first-order valence-electron chi connectivity index (χ1n) is 7.10. The second-order valence-corrected chi connectivity index (χ2v) is 5.64. The quantitative estimate of drug-likeness (QED) is 0.733. The van der Waals surface area contributed by atoms with Crippen molar-refractivity contribution in [1.82, 2.24) is 10.6 Å². The first-order chi connectivity index (χ1) is 10.7. The molecule has 2 amide bonds. The molecule has 0 spiro atoms. The molecule has 0 atom stereocenters. The number of benzene rings is 1. The van der Waals surface area contributed by atoms with Crippen LogP contribution >= 0.6 is 11.3 Å². The molecule has 0 saturated heterocycles. The van der Waals surface area contributed by atoms with Gasteiger partial charge >= 0.3 is 0 Å². The van der Waals surface area contributed by atoms with E-state index in [4.69, 9.17) is 0 Å². The first-order valence-corrected chi connectivity index (χ1v) is 7.98. The Morgan fingerprint density at radius 2 is 2.05 bits per heavy atom. The summed E-state index contributed by atoms with van der Waals surface area (Å²) in [4.78, 5) is 24.2. The van der Waals surface area contributed by atoms with Crippen molar-refractivity contribution in [3.63, 3.8) is 0 Å². The SMILES string of the molecule is CCNCc1cccc(NC(=O)CNC(=O)c2cccs2)c1. The fraction of sp³-hybridized carbons (Fsp3) is 0.250. The maximum absolute atomic E-state index is 11.9. The van der Waals surface area contributed by atoms with Crippen LogP contribution in [-0.2, 0) is 11.3 Å². The topological polar surface area (TPSA) is 70.2 Å². The molecule has 1 aromatic heterocycles. The fourth-order valence-corrected chi connectivity index (χ4v) is 2.53. The Balaban J connectivity index is 1.82. The van der Waals surface area contributed by atoms with Crippen LogP contribution in [0.3, 0.4) is 0 Å². The van der Waals surface area contributed by atoms with Gasteiger partial charge in [-0.25, -0.2) is 0 Å². The van der Waals surface area contributed by atoms with Crippen molar-refractivity contribution in [3.05, 3.63) is 52.2 Å². The number of amides is 2. The van der Waals surface area contributed by atoms with Crippen molar-refractivity contribution < 1.29 is 9.59 Å². The number of nitrogens with one attached hydrogen (secondary N) is 3. The molecule has 0 radical (unpaired) electrons. The van der Waals surface area contributed by atoms with Crippen LogP contribution in [0.25, 0.3) is 0 Å². The standard InChI is InChI=1S/C16H19N3O2S/c1-2-17-10-12-5-3-6-13(9-12)19-15(20)11-18-16(21)14-7-4-8-22-14/h3-9,17H,2,10-11H2,1H3,(H,18,21)(H,19,20). The van der Waals surface area contributed by atoms with E-state index in [9.17, 15) is 9.59 Å². The smallest absolute Gasteiger partial charge is 0.261 e. The fourth-order valence-electron chi connectivity index (χ4n) is 1.89. The van der Waals surface area contributed by atoms with E-state index >= 15 is 0 Å². The highest BCUT2D eigenvalue weighted by atomic mass is 32.1. The molecule has 6 heteroatoms. The zero-order chi connectivity index (χ0) is 15.8. The predicted octanol–water partition coefficient (Wildman–Crippen LogP) is 2.23. The molecule has 0 aliphatic heterocycles. The summed E-state index contributed by atoms with van der Waals surface area (Å²) in [7, 11) is 0. The van der Waals surface area contributed by atoms with Gasteiger partial charge in [-0.05, 0) is 35.7 Å². The van der Waals surface area contributed by atoms with Gasteiger partial charge in [0.1, 0.15) is 0 Å². The monoisotopic (exact) mass is 317 g/mol. The third-order valence-electron chi connectivity index (χ3n) is 2.94. The molecule has 0 saturated carbocycles. The average molecular weight is 317 g/mol. The first kappa shape index (κ1) is 16.2. The summed E-state index contributed by atoms with van der Waals surface area (Å²) in [5.74, 6) is -0.475. The van der Waals surface area contributed by atoms with Crippen LogP contribution in [0, 0.1) is 0 Å². The molecule has 1 aromatic carbocycles. The van der Waals surface area contributed by atoms with Crippen molar-refractivity contribution in [2.75, 3.05) is 18.4 Å². The summed E-state index contributed by atoms with van der Waals surface area (Å²) in [6, 6.07) is 11.2. The van der Waals surface area contributed by atoms with E-state index < -0.39 is 0 Å². The van der Waals surface area contributed by atoms with Gasteiger partial charge in [-0.1, -0.05) is 25.1 Å². The number of carbonyl (C=O) groups excluding carboxylic acids is 2. The summed E-state index contributed by atoms with van der Waals surface area (Å²) in [6.07, 6.45) is 0. The van der Waals surface area contributed by atoms with Gasteiger partial charge in [0.2, 0.25) is 5.91 Å². The maximum Gasteiger partial charge on any atom is 0.261 e. The van der Waals surface area contributed by atoms with Crippen molar-refractivity contribution in [1.29, 1.82) is 0 Å². The van der Waals surface area contributed by atoms with Crippen LogP contribution in [0.15, 0.2) is 41.8 Å². The molecule has 3 N–H and O–H groups in total. The number of rotatable bonds is 7. The number of hydrogen-bond donors (Lipinski definition) is 3. The van der Waals surface area contributed by atoms with E-state index in [1.165, 1.54) is 11.3 Å². The van der Waals surface area contributed by atoms with Gasteiger partial charge < -0.3 is 16.0 Å². The van der Waals surface area contributed by atoms with Crippen LogP contribution < -0.4 is 16.0 Å². The Kier molecular flexibility index (Phi) is 6.12. The highest BCUT2D eigenvalue weighted by molar-refractivity contribution is 7.12. The lowest BCUT2D eigenvalue weighted by Gasteiger charge is -2.08. The van der Waals surface area contributed by atoms with Crippen LogP contribution in [0.5, 0.6) is 0 Å². The summed E-state index contributed by atoms with van der Waals surface area (Å²) in [6.45, 7) is 3.65. The molecule has 0 aliphatic rings. The van der Waals surface area contributed by atoms with Gasteiger partial charge in [-0.3, -0.25) is 9.59 Å². The van der Waals surface area contributed by atoms with Crippen LogP contribution in [-0.4, -0.2) is 24.9 Å². The molecule has 0 aliphatic carbocycles. The Hall–Kier alpha value is -2.18. The minimum absolute atomic E-state index is 0.0474. The second kappa shape index (κ2) is 8.31. The molecular formula is C16H19N3O2S. The van der Waals surface area contributed by atoms with Gasteiger partial charge in [0.05, 0.1) is 11.4 Å². The molecule has 2 aromatic rings. The summed E-state index contributed by atoms with van der Waals surface area (Å²) in [5, 5.41) is 10.4. The van der Waals surface area contributed by atoms with Gasteiger partial charge in [-0.2, -0.15) is 0 Å². The van der Waals surface area contributed by atoms with E-state index in [1.54, 1.807) is 12.1 Å². The minimum Gasteiger partial charge on any atom is -0.342 e. The molecule has 116 valence electrons. The number of hydrogen-bond acceptors (Lipinski definition) is 4. The van der Waals surface area contributed by atoms with Crippen LogP contribution in [0.1, 0.15) is 22.2 Å². The molecule has 22 heavy (non-hydrogen) atoms. The molecule has 0 fully saturated rings. The van der Waals surface area contributed by atoms with E-state index in [0.717, 1.165) is 24.3 Å². The van der Waals surface area contributed by atoms with Gasteiger partial charge in [0.15, 0.2) is 0 Å². The van der Waals surface area contributed by atoms with Gasteiger partial charge in [0.25, 0.3) is 5.91 Å². The molecular weight excluding hydrogens is 298 g/mol. The maximum atomic E-state index is 11.9. The largest absolute Gasteiger partial charge is 0.342 e. The zero-order valence-electron chi connectivity index (χ0n) is 12.4. The molecule has 5 nitrogen and oxygen atoms in total. The highest BCUT2D eigenvalue weighted by Gasteiger charge is 2.09. The predicted molar refractivity (Wildman–Crippen MR) is 89.1 cm³/mol. The van der Waals surface area contributed by atoms with Gasteiger partial charge in [-0.15, -0.1) is 11.3 Å². The number of anilines is 1. The Labute approximate surface area is 133 Å². The van der Waals surface area contributed by atoms with Crippen molar-refractivity contribution in [2.45, 2.75) is 13.5 Å². The Morgan fingerprint density at radius 1 is 1.18 bits per heavy atom. The van der Waals surface area contributed by atoms with Crippen molar-refractivity contribution >= 4 is 28.8 Å². The Morgan fingerprint density at radius 3 is 2.77 bits per heavy atom. The second-order valence-electron chi connectivity index (χ2n) is 4.69.